The maximum atomic E-state index is 10.8. The Morgan fingerprint density at radius 2 is 1.53 bits per heavy atom. The van der Waals surface area contributed by atoms with Crippen molar-refractivity contribution in [2.75, 3.05) is 0 Å². The zero-order valence-corrected chi connectivity index (χ0v) is 9.79. The maximum absolute atomic E-state index is 10.8. The summed E-state index contributed by atoms with van der Waals surface area (Å²) in [6.07, 6.45) is 0. The third kappa shape index (κ3) is 1.97. The second kappa shape index (κ2) is 4.42. The van der Waals surface area contributed by atoms with Gasteiger partial charge in [-0.3, -0.25) is 0 Å². The first-order valence-corrected chi connectivity index (χ1v) is 4.87. The molecule has 8 heteroatoms. The third-order valence-electron chi connectivity index (χ3n) is 1.56. The quantitative estimate of drug-likeness (QED) is 0.470. The van der Waals surface area contributed by atoms with E-state index in [9.17, 15) is 4.79 Å². The van der Waals surface area contributed by atoms with Crippen LogP contribution < -0.4 is 0 Å². The van der Waals surface area contributed by atoms with Crippen molar-refractivity contribution in [1.29, 1.82) is 5.39 Å². The van der Waals surface area contributed by atoms with E-state index in [4.69, 9.17) is 56.9 Å². The lowest BCUT2D eigenvalue weighted by Crippen LogP contribution is -1.99. The van der Waals surface area contributed by atoms with Crippen LogP contribution in [0.3, 0.4) is 0 Å². The molecular formula is C7HCl4N2O2+. The first kappa shape index (κ1) is 12.3. The Bertz CT molecular complexity index is 495. The van der Waals surface area contributed by atoms with E-state index in [1.165, 1.54) is 0 Å². The van der Waals surface area contributed by atoms with E-state index in [1.807, 2.05) is 0 Å². The molecule has 0 aromatic heterocycles. The number of carboxylic acids is 1. The Hall–Kier alpha value is -0.730. The highest BCUT2D eigenvalue weighted by atomic mass is 35.5. The van der Waals surface area contributed by atoms with E-state index in [0.29, 0.717) is 0 Å². The summed E-state index contributed by atoms with van der Waals surface area (Å²) in [7, 11) is 0. The fourth-order valence-electron chi connectivity index (χ4n) is 0.909. The molecule has 0 bridgehead atoms. The SMILES string of the molecule is N#[N+]c1c(Cl)c(Cl)c(Cl)c(Cl)c1C(=O)O. The van der Waals surface area contributed by atoms with Gasteiger partial charge >= 0.3 is 11.7 Å². The summed E-state index contributed by atoms with van der Waals surface area (Å²) in [6.45, 7) is 0. The Labute approximate surface area is 104 Å². The molecule has 0 unspecified atom stereocenters. The van der Waals surface area contributed by atoms with E-state index >= 15 is 0 Å². The summed E-state index contributed by atoms with van der Waals surface area (Å²) in [5, 5.41) is 16.4. The van der Waals surface area contributed by atoms with Gasteiger partial charge in [-0.2, -0.15) is 0 Å². The van der Waals surface area contributed by atoms with Crippen LogP contribution in [0.25, 0.3) is 4.98 Å². The van der Waals surface area contributed by atoms with E-state index in [2.05, 4.69) is 4.98 Å². The maximum Gasteiger partial charge on any atom is 0.421 e. The van der Waals surface area contributed by atoms with Gasteiger partial charge in [0.15, 0.2) is 15.6 Å². The predicted molar refractivity (Wildman–Crippen MR) is 58.2 cm³/mol. The summed E-state index contributed by atoms with van der Waals surface area (Å²) in [5.41, 5.74) is -0.929. The number of rotatable bonds is 1. The Morgan fingerprint density at radius 3 is 1.93 bits per heavy atom. The van der Waals surface area contributed by atoms with Crippen LogP contribution in [0.1, 0.15) is 10.4 Å². The van der Waals surface area contributed by atoms with Crippen molar-refractivity contribution in [2.24, 2.45) is 0 Å². The lowest BCUT2D eigenvalue weighted by Gasteiger charge is -2.02. The molecule has 4 nitrogen and oxygen atoms in total. The number of benzene rings is 1. The molecule has 1 aromatic rings. The molecule has 78 valence electrons. The average Bonchev–Trinajstić information content (AvgIpc) is 2.19. The van der Waals surface area contributed by atoms with Crippen molar-refractivity contribution in [3.05, 3.63) is 30.6 Å². The Kier molecular flexibility index (Phi) is 3.63. The van der Waals surface area contributed by atoms with Crippen LogP contribution in [0.15, 0.2) is 0 Å². The molecule has 0 aliphatic heterocycles. The molecule has 0 fully saturated rings. The number of diazo groups is 1. The topological polar surface area (TPSA) is 65.5 Å². The van der Waals surface area contributed by atoms with E-state index in [0.717, 1.165) is 0 Å². The van der Waals surface area contributed by atoms with Gasteiger partial charge in [0, 0.05) is 0 Å². The zero-order chi connectivity index (χ0) is 11.7. The van der Waals surface area contributed by atoms with Crippen LogP contribution in [0.5, 0.6) is 0 Å². The molecule has 0 aliphatic rings. The molecule has 0 saturated heterocycles. The highest BCUT2D eigenvalue weighted by molar-refractivity contribution is 6.54. The van der Waals surface area contributed by atoms with Crippen LogP contribution in [-0.4, -0.2) is 11.1 Å². The first-order chi connectivity index (χ1) is 6.91. The molecule has 15 heavy (non-hydrogen) atoms. The van der Waals surface area contributed by atoms with Crippen LogP contribution in [-0.2, 0) is 0 Å². The number of halogens is 4. The normalized spacial score (nSPS) is 9.80. The lowest BCUT2D eigenvalue weighted by atomic mass is 10.2. The molecular weight excluding hydrogens is 286 g/mol. The average molecular weight is 287 g/mol. The Balaban J connectivity index is 3.80. The molecule has 0 atom stereocenters. The second-order valence-corrected chi connectivity index (χ2v) is 3.90. The highest BCUT2D eigenvalue weighted by Crippen LogP contribution is 2.45. The van der Waals surface area contributed by atoms with E-state index in [1.54, 1.807) is 0 Å². The third-order valence-corrected chi connectivity index (χ3v) is 3.35. The summed E-state index contributed by atoms with van der Waals surface area (Å²) in [5.74, 6) is -1.42. The van der Waals surface area contributed by atoms with Crippen LogP contribution >= 0.6 is 46.4 Å². The molecule has 0 aliphatic carbocycles. The van der Waals surface area contributed by atoms with Gasteiger partial charge in [0.1, 0.15) is 0 Å². The largest absolute Gasteiger partial charge is 0.477 e. The van der Waals surface area contributed by atoms with Gasteiger partial charge in [0.25, 0.3) is 0 Å². The summed E-state index contributed by atoms with van der Waals surface area (Å²) in [4.78, 5) is 13.5. The smallest absolute Gasteiger partial charge is 0.421 e. The number of nitrogens with zero attached hydrogens (tertiary/aromatic N) is 2. The van der Waals surface area contributed by atoms with Crippen molar-refractivity contribution < 1.29 is 9.90 Å². The van der Waals surface area contributed by atoms with Crippen molar-refractivity contribution in [1.82, 2.24) is 0 Å². The van der Waals surface area contributed by atoms with Crippen LogP contribution in [0.4, 0.5) is 5.69 Å². The number of carboxylic acid groups (broad SMARTS) is 1. The van der Waals surface area contributed by atoms with Gasteiger partial charge in [-0.1, -0.05) is 46.4 Å². The number of hydrogen-bond donors (Lipinski definition) is 1. The van der Waals surface area contributed by atoms with Gasteiger partial charge in [-0.05, 0) is 0 Å². The summed E-state index contributed by atoms with van der Waals surface area (Å²) < 4.78 is 0. The minimum atomic E-state index is -1.42. The molecule has 0 saturated carbocycles. The zero-order valence-electron chi connectivity index (χ0n) is 6.76. The van der Waals surface area contributed by atoms with Crippen molar-refractivity contribution in [3.63, 3.8) is 0 Å². The number of aromatic carboxylic acids is 1. The van der Waals surface area contributed by atoms with Gasteiger partial charge in [0.05, 0.1) is 15.1 Å². The van der Waals surface area contributed by atoms with E-state index < -0.39 is 17.2 Å². The minimum Gasteiger partial charge on any atom is -0.477 e. The summed E-state index contributed by atoms with van der Waals surface area (Å²) in [6, 6.07) is 0. The summed E-state index contributed by atoms with van der Waals surface area (Å²) >= 11 is 22.5. The lowest BCUT2D eigenvalue weighted by molar-refractivity contribution is 0.0698. The monoisotopic (exact) mass is 285 g/mol. The number of hydrogen-bond acceptors (Lipinski definition) is 2. The van der Waals surface area contributed by atoms with Gasteiger partial charge in [0.2, 0.25) is 5.39 Å². The molecule has 0 radical (unpaired) electrons. The second-order valence-electron chi connectivity index (χ2n) is 2.38. The molecule has 1 aromatic carbocycles. The van der Waals surface area contributed by atoms with Crippen LogP contribution in [0, 0.1) is 5.39 Å². The molecule has 1 rings (SSSR count). The number of carbonyl (C=O) groups is 1. The molecule has 0 amide bonds. The van der Waals surface area contributed by atoms with Gasteiger partial charge < -0.3 is 5.11 Å². The van der Waals surface area contributed by atoms with Crippen molar-refractivity contribution in [2.45, 2.75) is 0 Å². The standard InChI is InChI=1S/C7Cl4N2O2/c8-2-1(7(14)15)6(13-12)5(11)4(10)3(2)9/p+1. The highest BCUT2D eigenvalue weighted by Gasteiger charge is 2.33. The minimum absolute atomic E-state index is 0.166. The molecule has 1 N–H and O–H groups in total. The Morgan fingerprint density at radius 1 is 1.07 bits per heavy atom. The fourth-order valence-corrected chi connectivity index (χ4v) is 1.87. The fraction of sp³-hybridized carbons (Fsp3) is 0. The van der Waals surface area contributed by atoms with Gasteiger partial charge in [-0.15, -0.1) is 0 Å². The van der Waals surface area contributed by atoms with Crippen molar-refractivity contribution in [3.8, 4) is 0 Å². The van der Waals surface area contributed by atoms with E-state index in [-0.39, 0.29) is 20.1 Å². The van der Waals surface area contributed by atoms with Gasteiger partial charge in [-0.25, -0.2) is 4.79 Å². The predicted octanol–water partition coefficient (Wildman–Crippen LogP) is 4.48. The first-order valence-electron chi connectivity index (χ1n) is 3.36. The van der Waals surface area contributed by atoms with Crippen molar-refractivity contribution >= 4 is 58.1 Å². The molecule has 0 heterocycles. The molecule has 0 spiro atoms. The van der Waals surface area contributed by atoms with Crippen LogP contribution in [0.2, 0.25) is 20.1 Å².